The second-order valence-electron chi connectivity index (χ2n) is 4.15. The molecule has 0 saturated heterocycles. The molecule has 0 aliphatic heterocycles. The molecule has 0 atom stereocenters. The van der Waals surface area contributed by atoms with Crippen LogP contribution in [0.1, 0.15) is 19.3 Å². The van der Waals surface area contributed by atoms with Crippen LogP contribution in [-0.2, 0) is 0 Å². The van der Waals surface area contributed by atoms with E-state index in [1.165, 1.54) is 49.4 Å². The van der Waals surface area contributed by atoms with Crippen LogP contribution >= 0.6 is 11.3 Å². The third-order valence-corrected chi connectivity index (χ3v) is 3.90. The van der Waals surface area contributed by atoms with Crippen LogP contribution in [-0.4, -0.2) is 31.1 Å². The van der Waals surface area contributed by atoms with Crippen LogP contribution in [0.15, 0.2) is 30.3 Å². The highest BCUT2D eigenvalue weighted by atomic mass is 32.1. The number of methoxy groups -OCH3 is 1. The fourth-order valence-corrected chi connectivity index (χ4v) is 2.59. The number of hydrogen-bond donors (Lipinski definition) is 1. The van der Waals surface area contributed by atoms with Crippen LogP contribution in [0.25, 0.3) is 0 Å². The smallest absolute Gasteiger partial charge is 0.345 e. The van der Waals surface area contributed by atoms with Gasteiger partial charge >= 0.3 is 5.97 Å². The van der Waals surface area contributed by atoms with Crippen molar-refractivity contribution in [2.24, 2.45) is 0 Å². The molecular weight excluding hydrogens is 297 g/mol. The number of anilines is 1. The average molecular weight is 309 g/mol. The molecule has 0 bridgehead atoms. The normalized spacial score (nSPS) is 10.2. The van der Waals surface area contributed by atoms with E-state index in [1.54, 1.807) is 0 Å². The Bertz CT molecular complexity index is 698. The Morgan fingerprint density at radius 2 is 1.90 bits per heavy atom. The van der Waals surface area contributed by atoms with Crippen molar-refractivity contribution in [1.29, 1.82) is 0 Å². The minimum Gasteiger partial charge on any atom is -0.494 e. The number of carbonyl (C=O) groups is 2. The predicted molar refractivity (Wildman–Crippen MR) is 77.0 cm³/mol. The number of hydrogen-bond acceptors (Lipinski definition) is 4. The standard InChI is InChI=1S/C14H12FNO4S/c1-16(9-4-3-8(15)7-10(9)20-2)13(17)11-5-6-12(21-11)14(18)19/h3-7H,1-2H3,(H,18,19). The largest absolute Gasteiger partial charge is 0.494 e. The third-order valence-electron chi connectivity index (χ3n) is 2.84. The van der Waals surface area contributed by atoms with Crippen LogP contribution in [0.5, 0.6) is 5.75 Å². The van der Waals surface area contributed by atoms with Gasteiger partial charge in [0.25, 0.3) is 5.91 Å². The first-order chi connectivity index (χ1) is 9.93. The highest BCUT2D eigenvalue weighted by Gasteiger charge is 2.20. The molecule has 1 amide bonds. The van der Waals surface area contributed by atoms with E-state index in [4.69, 9.17) is 9.84 Å². The molecule has 2 rings (SSSR count). The zero-order valence-corrected chi connectivity index (χ0v) is 12.1. The maximum Gasteiger partial charge on any atom is 0.345 e. The van der Waals surface area contributed by atoms with Crippen molar-refractivity contribution in [2.75, 3.05) is 19.1 Å². The van der Waals surface area contributed by atoms with Crippen molar-refractivity contribution in [3.05, 3.63) is 45.9 Å². The summed E-state index contributed by atoms with van der Waals surface area (Å²) in [6.45, 7) is 0. The first-order valence-electron chi connectivity index (χ1n) is 5.88. The lowest BCUT2D eigenvalue weighted by Gasteiger charge is -2.19. The fourth-order valence-electron chi connectivity index (χ4n) is 1.77. The zero-order chi connectivity index (χ0) is 15.6. The van der Waals surface area contributed by atoms with Crippen LogP contribution in [0.3, 0.4) is 0 Å². The quantitative estimate of drug-likeness (QED) is 0.943. The molecular formula is C14H12FNO4S. The highest BCUT2D eigenvalue weighted by molar-refractivity contribution is 7.16. The monoisotopic (exact) mass is 309 g/mol. The summed E-state index contributed by atoms with van der Waals surface area (Å²) in [7, 11) is 2.89. The van der Waals surface area contributed by atoms with E-state index in [9.17, 15) is 14.0 Å². The second kappa shape index (κ2) is 5.92. The average Bonchev–Trinajstić information content (AvgIpc) is 2.95. The van der Waals surface area contributed by atoms with Gasteiger partial charge in [0.05, 0.1) is 17.7 Å². The predicted octanol–water partition coefficient (Wildman–Crippen LogP) is 2.87. The van der Waals surface area contributed by atoms with Crippen molar-refractivity contribution in [3.8, 4) is 5.75 Å². The molecule has 21 heavy (non-hydrogen) atoms. The van der Waals surface area contributed by atoms with Crippen LogP contribution < -0.4 is 9.64 Å². The van der Waals surface area contributed by atoms with Gasteiger partial charge in [0.1, 0.15) is 16.4 Å². The number of amides is 1. The Morgan fingerprint density at radius 1 is 1.24 bits per heavy atom. The zero-order valence-electron chi connectivity index (χ0n) is 11.3. The van der Waals surface area contributed by atoms with E-state index in [1.807, 2.05) is 0 Å². The molecule has 0 radical (unpaired) electrons. The number of aromatic carboxylic acids is 1. The number of carboxylic acid groups (broad SMARTS) is 1. The number of rotatable bonds is 4. The Hall–Kier alpha value is -2.41. The molecule has 1 aromatic heterocycles. The van der Waals surface area contributed by atoms with E-state index >= 15 is 0 Å². The minimum atomic E-state index is -1.08. The van der Waals surface area contributed by atoms with Gasteiger partial charge in [-0.2, -0.15) is 0 Å². The van der Waals surface area contributed by atoms with Crippen LogP contribution in [0.4, 0.5) is 10.1 Å². The number of ether oxygens (including phenoxy) is 1. The molecule has 110 valence electrons. The van der Waals surface area contributed by atoms with E-state index in [2.05, 4.69) is 0 Å². The van der Waals surface area contributed by atoms with Gasteiger partial charge in [0.2, 0.25) is 0 Å². The van der Waals surface area contributed by atoms with Gasteiger partial charge in [-0.25, -0.2) is 9.18 Å². The summed E-state index contributed by atoms with van der Waals surface area (Å²) in [4.78, 5) is 24.8. The number of thiophene rings is 1. The topological polar surface area (TPSA) is 66.8 Å². The molecule has 0 fully saturated rings. The van der Waals surface area contributed by atoms with Crippen molar-refractivity contribution >= 4 is 28.9 Å². The summed E-state index contributed by atoms with van der Waals surface area (Å²) in [5.41, 5.74) is 0.397. The summed E-state index contributed by atoms with van der Waals surface area (Å²) in [5, 5.41) is 8.87. The van der Waals surface area contributed by atoms with Crippen LogP contribution in [0.2, 0.25) is 0 Å². The van der Waals surface area contributed by atoms with Crippen molar-refractivity contribution in [2.45, 2.75) is 0 Å². The van der Waals surface area contributed by atoms with E-state index in [-0.39, 0.29) is 15.5 Å². The van der Waals surface area contributed by atoms with E-state index in [0.717, 1.165) is 11.3 Å². The molecule has 2 aromatic rings. The highest BCUT2D eigenvalue weighted by Crippen LogP contribution is 2.30. The fraction of sp³-hybridized carbons (Fsp3) is 0.143. The van der Waals surface area contributed by atoms with Crippen LogP contribution in [0, 0.1) is 5.82 Å². The Balaban J connectivity index is 2.32. The lowest BCUT2D eigenvalue weighted by atomic mass is 10.2. The molecule has 0 unspecified atom stereocenters. The Labute approximate surface area is 124 Å². The SMILES string of the molecule is COc1cc(F)ccc1N(C)C(=O)c1ccc(C(=O)O)s1. The summed E-state index contributed by atoms with van der Waals surface area (Å²) in [5.74, 6) is -1.72. The summed E-state index contributed by atoms with van der Waals surface area (Å²) in [6, 6.07) is 6.64. The molecule has 1 heterocycles. The van der Waals surface area contributed by atoms with Gasteiger partial charge in [-0.15, -0.1) is 11.3 Å². The summed E-state index contributed by atoms with van der Waals surface area (Å²) < 4.78 is 18.2. The minimum absolute atomic E-state index is 0.0813. The number of carbonyl (C=O) groups excluding carboxylic acids is 1. The molecule has 5 nitrogen and oxygen atoms in total. The molecule has 0 saturated carbocycles. The lowest BCUT2D eigenvalue weighted by molar-refractivity contribution is 0.0702. The third kappa shape index (κ3) is 3.03. The van der Waals surface area contributed by atoms with Gasteiger partial charge in [-0.05, 0) is 24.3 Å². The number of benzene rings is 1. The second-order valence-corrected chi connectivity index (χ2v) is 5.23. The molecule has 0 aliphatic carbocycles. The Morgan fingerprint density at radius 3 is 2.48 bits per heavy atom. The Kier molecular flexibility index (Phi) is 4.23. The number of halogens is 1. The molecule has 0 spiro atoms. The van der Waals surface area contributed by atoms with Gasteiger partial charge in [0, 0.05) is 13.1 Å². The van der Waals surface area contributed by atoms with Gasteiger partial charge < -0.3 is 14.7 Å². The molecule has 1 aromatic carbocycles. The molecule has 7 heteroatoms. The maximum atomic E-state index is 13.2. The summed E-state index contributed by atoms with van der Waals surface area (Å²) >= 11 is 0.883. The first kappa shape index (κ1) is 15.0. The maximum absolute atomic E-state index is 13.2. The van der Waals surface area contributed by atoms with Crippen molar-refractivity contribution in [3.63, 3.8) is 0 Å². The first-order valence-corrected chi connectivity index (χ1v) is 6.70. The number of carboxylic acids is 1. The van der Waals surface area contributed by atoms with Gasteiger partial charge in [-0.1, -0.05) is 0 Å². The van der Waals surface area contributed by atoms with E-state index in [0.29, 0.717) is 5.69 Å². The molecule has 1 N–H and O–H groups in total. The lowest BCUT2D eigenvalue weighted by Crippen LogP contribution is -2.25. The van der Waals surface area contributed by atoms with Gasteiger partial charge in [0.15, 0.2) is 0 Å². The number of nitrogens with zero attached hydrogens (tertiary/aromatic N) is 1. The van der Waals surface area contributed by atoms with Crippen molar-refractivity contribution in [1.82, 2.24) is 0 Å². The van der Waals surface area contributed by atoms with Gasteiger partial charge in [-0.3, -0.25) is 4.79 Å². The van der Waals surface area contributed by atoms with Crippen molar-refractivity contribution < 1.29 is 23.8 Å². The summed E-state index contributed by atoms with van der Waals surface area (Å²) in [6.07, 6.45) is 0. The molecule has 0 aliphatic rings. The van der Waals surface area contributed by atoms with E-state index < -0.39 is 17.7 Å².